The van der Waals surface area contributed by atoms with Gasteiger partial charge in [-0.1, -0.05) is 11.8 Å². The average molecular weight is 249 g/mol. The third kappa shape index (κ3) is 4.85. The zero-order valence-electron chi connectivity index (χ0n) is 8.48. The fourth-order valence-corrected chi connectivity index (χ4v) is 1.25. The predicted molar refractivity (Wildman–Crippen MR) is 63.2 cm³/mol. The van der Waals surface area contributed by atoms with E-state index in [1.807, 2.05) is 13.2 Å². The molecule has 15 heavy (non-hydrogen) atoms. The molecule has 0 unspecified atom stereocenters. The molecule has 1 aromatic rings. The van der Waals surface area contributed by atoms with Crippen LogP contribution in [0.2, 0.25) is 0 Å². The molecule has 7 heteroatoms. The molecular weight excluding hydrogens is 236 g/mol. The number of hydrogen-bond donors (Lipinski definition) is 2. The second-order valence-corrected chi connectivity index (χ2v) is 3.42. The summed E-state index contributed by atoms with van der Waals surface area (Å²) in [5.41, 5.74) is 5.99. The highest BCUT2D eigenvalue weighted by Gasteiger charge is 2.02. The van der Waals surface area contributed by atoms with Gasteiger partial charge in [-0.15, -0.1) is 12.4 Å². The average Bonchev–Trinajstić information content (AvgIpc) is 2.14. The fourth-order valence-electron chi connectivity index (χ4n) is 0.830. The molecule has 3 N–H and O–H groups in total. The van der Waals surface area contributed by atoms with Crippen molar-refractivity contribution in [2.75, 3.05) is 12.9 Å². The summed E-state index contributed by atoms with van der Waals surface area (Å²) >= 11 is 1.44. The van der Waals surface area contributed by atoms with Crippen molar-refractivity contribution in [1.82, 2.24) is 9.97 Å². The Kier molecular flexibility index (Phi) is 6.03. The van der Waals surface area contributed by atoms with Crippen LogP contribution < -0.4 is 10.5 Å². The highest BCUT2D eigenvalue weighted by atomic mass is 35.5. The molecule has 1 heterocycles. The molecule has 84 valence electrons. The Morgan fingerprint density at radius 3 is 2.80 bits per heavy atom. The lowest BCUT2D eigenvalue weighted by molar-refractivity contribution is 0.354. The van der Waals surface area contributed by atoms with Gasteiger partial charge in [-0.25, -0.2) is 4.98 Å². The van der Waals surface area contributed by atoms with Crippen molar-refractivity contribution in [2.24, 2.45) is 5.73 Å². The van der Waals surface area contributed by atoms with Gasteiger partial charge in [0, 0.05) is 11.8 Å². The van der Waals surface area contributed by atoms with Gasteiger partial charge < -0.3 is 10.5 Å². The smallest absolute Gasteiger partial charge is 0.218 e. The zero-order valence-corrected chi connectivity index (χ0v) is 10.1. The second-order valence-electron chi connectivity index (χ2n) is 2.65. The summed E-state index contributed by atoms with van der Waals surface area (Å²) in [4.78, 5) is 8.27. The van der Waals surface area contributed by atoms with E-state index >= 15 is 0 Å². The first kappa shape index (κ1) is 14.0. The number of nitrogens with one attached hydrogen (secondary N) is 1. The first-order valence-electron chi connectivity index (χ1n) is 3.97. The summed E-state index contributed by atoms with van der Waals surface area (Å²) in [6, 6.07) is 1.71. The van der Waals surface area contributed by atoms with E-state index in [1.54, 1.807) is 6.07 Å². The lowest BCUT2D eigenvalue weighted by atomic mass is 10.4. The van der Waals surface area contributed by atoms with Gasteiger partial charge >= 0.3 is 0 Å². The minimum Gasteiger partial charge on any atom is -0.469 e. The van der Waals surface area contributed by atoms with Gasteiger partial charge in [0.25, 0.3) is 0 Å². The monoisotopic (exact) mass is 248 g/mol. The van der Waals surface area contributed by atoms with Gasteiger partial charge in [0.15, 0.2) is 5.16 Å². The number of aromatic nitrogens is 2. The van der Waals surface area contributed by atoms with Crippen molar-refractivity contribution in [3.63, 3.8) is 0 Å². The van der Waals surface area contributed by atoms with Crippen molar-refractivity contribution < 1.29 is 4.74 Å². The number of rotatable bonds is 4. The predicted octanol–water partition coefficient (Wildman–Crippen LogP) is 1.24. The SMILES string of the molecule is CSc1nc(C)cc(OCC(=N)N)n1.Cl. The Hall–Kier alpha value is -1.01. The molecule has 0 aliphatic rings. The molecular formula is C8H13ClN4OS. The van der Waals surface area contributed by atoms with Crippen LogP contribution in [0.4, 0.5) is 0 Å². The van der Waals surface area contributed by atoms with Gasteiger partial charge in [0.2, 0.25) is 5.88 Å². The van der Waals surface area contributed by atoms with Crippen molar-refractivity contribution in [1.29, 1.82) is 5.41 Å². The molecule has 5 nitrogen and oxygen atoms in total. The standard InChI is InChI=1S/C8H12N4OS.ClH/c1-5-3-7(13-4-6(9)10)12-8(11-5)14-2;/h3H,4H2,1-2H3,(H3,9,10);1H. The Morgan fingerprint density at radius 1 is 1.60 bits per heavy atom. The summed E-state index contributed by atoms with van der Waals surface area (Å²) in [5, 5.41) is 7.66. The summed E-state index contributed by atoms with van der Waals surface area (Å²) < 4.78 is 5.18. The van der Waals surface area contributed by atoms with Crippen LogP contribution in [0, 0.1) is 12.3 Å². The van der Waals surface area contributed by atoms with Crippen molar-refractivity contribution >= 4 is 30.0 Å². The number of hydrogen-bond acceptors (Lipinski definition) is 5. The lowest BCUT2D eigenvalue weighted by Gasteiger charge is -2.05. The molecule has 0 radical (unpaired) electrons. The summed E-state index contributed by atoms with van der Waals surface area (Å²) in [6.07, 6.45) is 1.89. The van der Waals surface area contributed by atoms with Gasteiger partial charge in [0.1, 0.15) is 12.4 Å². The molecule has 0 amide bonds. The third-order valence-corrected chi connectivity index (χ3v) is 1.92. The van der Waals surface area contributed by atoms with Crippen LogP contribution in [0.5, 0.6) is 5.88 Å². The Balaban J connectivity index is 0.00000196. The van der Waals surface area contributed by atoms with E-state index in [0.29, 0.717) is 11.0 Å². The molecule has 0 spiro atoms. The van der Waals surface area contributed by atoms with Crippen LogP contribution in [-0.2, 0) is 0 Å². The normalized spacial score (nSPS) is 9.20. The molecule has 0 bridgehead atoms. The van der Waals surface area contributed by atoms with E-state index in [0.717, 1.165) is 5.69 Å². The largest absolute Gasteiger partial charge is 0.469 e. The molecule has 0 saturated heterocycles. The zero-order chi connectivity index (χ0) is 10.6. The van der Waals surface area contributed by atoms with E-state index in [9.17, 15) is 0 Å². The second kappa shape index (κ2) is 6.47. The van der Waals surface area contributed by atoms with Crippen LogP contribution in [0.1, 0.15) is 5.69 Å². The van der Waals surface area contributed by atoms with E-state index in [1.165, 1.54) is 11.8 Å². The summed E-state index contributed by atoms with van der Waals surface area (Å²) in [6.45, 7) is 1.92. The first-order chi connectivity index (χ1) is 6.61. The molecule has 0 aliphatic heterocycles. The number of ether oxygens (including phenoxy) is 1. The summed E-state index contributed by atoms with van der Waals surface area (Å²) in [5.74, 6) is 0.434. The fraction of sp³-hybridized carbons (Fsp3) is 0.375. The number of halogens is 1. The minimum absolute atomic E-state index is 0. The first-order valence-corrected chi connectivity index (χ1v) is 5.19. The van der Waals surface area contributed by atoms with Crippen LogP contribution in [0.15, 0.2) is 11.2 Å². The van der Waals surface area contributed by atoms with Crippen LogP contribution in [0.3, 0.4) is 0 Å². The number of thioether (sulfide) groups is 1. The molecule has 1 rings (SSSR count). The van der Waals surface area contributed by atoms with Crippen LogP contribution in [-0.4, -0.2) is 28.7 Å². The van der Waals surface area contributed by atoms with Gasteiger partial charge in [-0.2, -0.15) is 4.98 Å². The van der Waals surface area contributed by atoms with Crippen LogP contribution in [0.25, 0.3) is 0 Å². The lowest BCUT2D eigenvalue weighted by Crippen LogP contribution is -2.19. The van der Waals surface area contributed by atoms with E-state index in [2.05, 4.69) is 9.97 Å². The maximum atomic E-state index is 7.00. The number of nitrogens with two attached hydrogens (primary N) is 1. The van der Waals surface area contributed by atoms with Gasteiger partial charge in [-0.3, -0.25) is 5.41 Å². The Morgan fingerprint density at radius 2 is 2.27 bits per heavy atom. The molecule has 0 fully saturated rings. The van der Waals surface area contributed by atoms with Gasteiger partial charge in [-0.05, 0) is 13.2 Å². The quantitative estimate of drug-likeness (QED) is 0.363. The Labute approximate surface area is 98.7 Å². The maximum absolute atomic E-state index is 7.00. The highest BCUT2D eigenvalue weighted by Crippen LogP contribution is 2.14. The van der Waals surface area contributed by atoms with E-state index < -0.39 is 0 Å². The number of amidine groups is 1. The van der Waals surface area contributed by atoms with Crippen molar-refractivity contribution in [3.8, 4) is 5.88 Å². The molecule has 0 aromatic carbocycles. The van der Waals surface area contributed by atoms with Crippen molar-refractivity contribution in [2.45, 2.75) is 12.1 Å². The Bertz CT molecular complexity index is 347. The van der Waals surface area contributed by atoms with Crippen molar-refractivity contribution in [3.05, 3.63) is 11.8 Å². The molecule has 0 aliphatic carbocycles. The highest BCUT2D eigenvalue weighted by molar-refractivity contribution is 7.98. The number of nitrogens with zero attached hydrogens (tertiary/aromatic N) is 2. The maximum Gasteiger partial charge on any atom is 0.218 e. The third-order valence-electron chi connectivity index (χ3n) is 1.37. The number of aryl methyl sites for hydroxylation is 1. The van der Waals surface area contributed by atoms with E-state index in [4.69, 9.17) is 15.9 Å². The molecule has 0 saturated carbocycles. The van der Waals surface area contributed by atoms with E-state index in [-0.39, 0.29) is 24.8 Å². The molecule has 1 aromatic heterocycles. The minimum atomic E-state index is -0.0213. The van der Waals surface area contributed by atoms with Gasteiger partial charge in [0.05, 0.1) is 0 Å². The summed E-state index contributed by atoms with van der Waals surface area (Å²) in [7, 11) is 0. The van der Waals surface area contributed by atoms with Crippen LogP contribution >= 0.6 is 24.2 Å². The molecule has 0 atom stereocenters. The topological polar surface area (TPSA) is 84.9 Å².